The summed E-state index contributed by atoms with van der Waals surface area (Å²) in [5, 5.41) is 8.77. The highest BCUT2D eigenvalue weighted by molar-refractivity contribution is 6.40. The van der Waals surface area contributed by atoms with Crippen LogP contribution in [0.2, 0.25) is 20.1 Å². The topological polar surface area (TPSA) is 49.8 Å². The van der Waals surface area contributed by atoms with E-state index in [0.717, 1.165) is 22.7 Å². The Bertz CT molecular complexity index is 1140. The van der Waals surface area contributed by atoms with Crippen LogP contribution in [0.4, 0.5) is 22.7 Å². The molecule has 26 heavy (non-hydrogen) atoms. The molecule has 1 aliphatic heterocycles. The molecule has 2 heterocycles. The van der Waals surface area contributed by atoms with Crippen LogP contribution in [-0.2, 0) is 0 Å². The van der Waals surface area contributed by atoms with Gasteiger partial charge in [-0.15, -0.1) is 0 Å². The normalized spacial score (nSPS) is 12.5. The Morgan fingerprint density at radius 3 is 1.38 bits per heavy atom. The molecule has 0 unspecified atom stereocenters. The van der Waals surface area contributed by atoms with Crippen LogP contribution in [-0.4, -0.2) is 9.97 Å². The Morgan fingerprint density at radius 2 is 0.962 bits per heavy atom. The zero-order valence-electron chi connectivity index (χ0n) is 12.9. The van der Waals surface area contributed by atoms with Crippen LogP contribution in [0.25, 0.3) is 22.1 Å². The molecule has 3 aromatic carbocycles. The van der Waals surface area contributed by atoms with Gasteiger partial charge in [-0.05, 0) is 36.4 Å². The molecule has 4 nitrogen and oxygen atoms in total. The number of nitrogens with zero attached hydrogens (tertiary/aromatic N) is 2. The van der Waals surface area contributed by atoms with Gasteiger partial charge < -0.3 is 10.6 Å². The van der Waals surface area contributed by atoms with Crippen molar-refractivity contribution in [3.05, 3.63) is 56.5 Å². The fraction of sp³-hybridized carbons (Fsp3) is 0. The monoisotopic (exact) mass is 420 g/mol. The van der Waals surface area contributed by atoms with Gasteiger partial charge in [-0.3, -0.25) is 0 Å². The SMILES string of the molecule is Clc1ccc(Cl)c2c1Nc1cc3nc4c(Cl)ccc(Cl)c4nc3cc1N2. The van der Waals surface area contributed by atoms with Gasteiger partial charge in [0.15, 0.2) is 0 Å². The lowest BCUT2D eigenvalue weighted by molar-refractivity contribution is 1.38. The molecule has 0 saturated heterocycles. The molecule has 0 saturated carbocycles. The Morgan fingerprint density at radius 1 is 0.577 bits per heavy atom. The van der Waals surface area contributed by atoms with Crippen molar-refractivity contribution in [3.8, 4) is 0 Å². The average Bonchev–Trinajstić information content (AvgIpc) is 2.64. The fourth-order valence-electron chi connectivity index (χ4n) is 3.01. The number of rotatable bonds is 0. The van der Waals surface area contributed by atoms with Crippen LogP contribution in [0.3, 0.4) is 0 Å². The van der Waals surface area contributed by atoms with Gasteiger partial charge in [0.1, 0.15) is 11.0 Å². The first kappa shape index (κ1) is 16.2. The minimum atomic E-state index is 0.503. The number of anilines is 4. The van der Waals surface area contributed by atoms with Gasteiger partial charge in [-0.25, -0.2) is 9.97 Å². The number of hydrogen-bond acceptors (Lipinski definition) is 4. The van der Waals surface area contributed by atoms with E-state index >= 15 is 0 Å². The first-order valence-corrected chi connectivity index (χ1v) is 9.14. The largest absolute Gasteiger partial charge is 0.351 e. The summed E-state index contributed by atoms with van der Waals surface area (Å²) in [6.07, 6.45) is 0. The Balaban J connectivity index is 1.76. The van der Waals surface area contributed by atoms with Crippen molar-refractivity contribution in [3.63, 3.8) is 0 Å². The van der Waals surface area contributed by atoms with Crippen LogP contribution in [0.5, 0.6) is 0 Å². The zero-order valence-corrected chi connectivity index (χ0v) is 15.9. The Labute approximate surface area is 168 Å². The summed E-state index contributed by atoms with van der Waals surface area (Å²) in [5.74, 6) is 0. The van der Waals surface area contributed by atoms with Crippen molar-refractivity contribution in [1.82, 2.24) is 9.97 Å². The van der Waals surface area contributed by atoms with Crippen LogP contribution < -0.4 is 10.6 Å². The molecule has 4 aromatic rings. The maximum absolute atomic E-state index is 6.29. The summed E-state index contributed by atoms with van der Waals surface area (Å²) in [6.45, 7) is 0. The second kappa shape index (κ2) is 5.76. The molecule has 0 fully saturated rings. The quantitative estimate of drug-likeness (QED) is 0.259. The van der Waals surface area contributed by atoms with E-state index in [1.807, 2.05) is 12.1 Å². The van der Waals surface area contributed by atoms with Crippen molar-refractivity contribution in [1.29, 1.82) is 0 Å². The number of fused-ring (bicyclic) bond motifs is 4. The first-order chi connectivity index (χ1) is 12.5. The van der Waals surface area contributed by atoms with E-state index in [4.69, 9.17) is 46.4 Å². The molecule has 0 bridgehead atoms. The first-order valence-electron chi connectivity index (χ1n) is 7.63. The lowest BCUT2D eigenvalue weighted by Gasteiger charge is -2.25. The Hall–Kier alpha value is -1.98. The highest BCUT2D eigenvalue weighted by Crippen LogP contribution is 2.46. The number of halogens is 4. The second-order valence-corrected chi connectivity index (χ2v) is 7.49. The van der Waals surface area contributed by atoms with Crippen molar-refractivity contribution < 1.29 is 0 Å². The van der Waals surface area contributed by atoms with Crippen LogP contribution in [0.15, 0.2) is 36.4 Å². The third-order valence-electron chi connectivity index (χ3n) is 4.25. The maximum atomic E-state index is 6.29. The molecule has 0 radical (unpaired) electrons. The van der Waals surface area contributed by atoms with Gasteiger partial charge in [0.05, 0.1) is 53.9 Å². The van der Waals surface area contributed by atoms with Gasteiger partial charge in [0.25, 0.3) is 0 Å². The zero-order chi connectivity index (χ0) is 18.0. The number of benzene rings is 3. The summed E-state index contributed by atoms with van der Waals surface area (Å²) in [7, 11) is 0. The number of hydrogen-bond donors (Lipinski definition) is 2. The van der Waals surface area contributed by atoms with Crippen LogP contribution >= 0.6 is 46.4 Å². The maximum Gasteiger partial charge on any atom is 0.110 e. The second-order valence-electron chi connectivity index (χ2n) is 5.87. The van der Waals surface area contributed by atoms with Crippen molar-refractivity contribution >= 4 is 91.2 Å². The average molecular weight is 422 g/mol. The van der Waals surface area contributed by atoms with E-state index in [-0.39, 0.29) is 0 Å². The third kappa shape index (κ3) is 2.37. The molecule has 1 aliphatic rings. The summed E-state index contributed by atoms with van der Waals surface area (Å²) < 4.78 is 0. The minimum absolute atomic E-state index is 0.503. The molecular formula is C18H8Cl4N4. The van der Waals surface area contributed by atoms with Gasteiger partial charge in [0, 0.05) is 0 Å². The van der Waals surface area contributed by atoms with E-state index in [1.54, 1.807) is 24.3 Å². The molecule has 1 aromatic heterocycles. The van der Waals surface area contributed by atoms with E-state index in [9.17, 15) is 0 Å². The Kier molecular flexibility index (Phi) is 3.59. The van der Waals surface area contributed by atoms with Gasteiger partial charge in [-0.2, -0.15) is 0 Å². The predicted molar refractivity (Wildman–Crippen MR) is 110 cm³/mol. The number of nitrogens with one attached hydrogen (secondary N) is 2. The lowest BCUT2D eigenvalue weighted by Crippen LogP contribution is -2.08. The molecule has 8 heteroatoms. The smallest absolute Gasteiger partial charge is 0.110 e. The van der Waals surface area contributed by atoms with E-state index in [0.29, 0.717) is 42.2 Å². The molecule has 128 valence electrons. The molecule has 0 spiro atoms. The van der Waals surface area contributed by atoms with E-state index in [1.165, 1.54) is 0 Å². The molecule has 0 atom stereocenters. The van der Waals surface area contributed by atoms with Gasteiger partial charge in [-0.1, -0.05) is 46.4 Å². The molecule has 5 rings (SSSR count). The molecule has 2 N–H and O–H groups in total. The summed E-state index contributed by atoms with van der Waals surface area (Å²) >= 11 is 25.1. The number of aromatic nitrogens is 2. The summed E-state index contributed by atoms with van der Waals surface area (Å²) in [6, 6.07) is 10.7. The molecule has 0 aliphatic carbocycles. The highest BCUT2D eigenvalue weighted by atomic mass is 35.5. The highest BCUT2D eigenvalue weighted by Gasteiger charge is 2.21. The van der Waals surface area contributed by atoms with Gasteiger partial charge >= 0.3 is 0 Å². The fourth-order valence-corrected chi connectivity index (χ4v) is 3.81. The predicted octanol–water partition coefficient (Wildman–Crippen LogP) is 7.20. The van der Waals surface area contributed by atoms with Crippen molar-refractivity contribution in [2.45, 2.75) is 0 Å². The van der Waals surface area contributed by atoms with E-state index in [2.05, 4.69) is 20.6 Å². The standard InChI is InChI=1S/C18H8Cl4N4/c19-7-1-2-8(20)16-15(7)23-11-5-13-14(6-12(11)24-16)26-18-10(22)4-3-9(21)17(18)25-13/h1-6,23-24H. The summed E-state index contributed by atoms with van der Waals surface area (Å²) in [5.41, 5.74) is 5.60. The minimum Gasteiger partial charge on any atom is -0.351 e. The van der Waals surface area contributed by atoms with Crippen LogP contribution in [0, 0.1) is 0 Å². The third-order valence-corrected chi connectivity index (χ3v) is 5.49. The molecule has 0 amide bonds. The van der Waals surface area contributed by atoms with Crippen molar-refractivity contribution in [2.75, 3.05) is 10.6 Å². The molecular weight excluding hydrogens is 414 g/mol. The van der Waals surface area contributed by atoms with Crippen molar-refractivity contribution in [2.24, 2.45) is 0 Å². The lowest BCUT2D eigenvalue weighted by atomic mass is 10.1. The van der Waals surface area contributed by atoms with Crippen LogP contribution in [0.1, 0.15) is 0 Å². The van der Waals surface area contributed by atoms with Gasteiger partial charge in [0.2, 0.25) is 0 Å². The summed E-state index contributed by atoms with van der Waals surface area (Å²) in [4.78, 5) is 9.27. The van der Waals surface area contributed by atoms with E-state index < -0.39 is 0 Å².